The normalized spacial score (nSPS) is 14.7. The highest BCUT2D eigenvalue weighted by molar-refractivity contribution is 6.17. The van der Waals surface area contributed by atoms with Crippen molar-refractivity contribution < 1.29 is 0 Å². The zero-order valence-electron chi connectivity index (χ0n) is 12.0. The molecule has 1 heterocycles. The predicted octanol–water partition coefficient (Wildman–Crippen LogP) is 4.74. The van der Waals surface area contributed by atoms with Crippen molar-refractivity contribution in [2.45, 2.75) is 44.5 Å². The van der Waals surface area contributed by atoms with Crippen LogP contribution in [0.5, 0.6) is 0 Å². The maximum atomic E-state index is 6.02. The highest BCUT2D eigenvalue weighted by Crippen LogP contribution is 2.36. The van der Waals surface area contributed by atoms with Crippen molar-refractivity contribution in [3.63, 3.8) is 0 Å². The van der Waals surface area contributed by atoms with Crippen LogP contribution in [-0.4, -0.2) is 17.6 Å². The monoisotopic (exact) mass is 288 g/mol. The molecular weight excluding hydrogens is 268 g/mol. The van der Waals surface area contributed by atoms with Crippen LogP contribution >= 0.6 is 11.6 Å². The van der Waals surface area contributed by atoms with E-state index in [1.165, 1.54) is 36.8 Å². The summed E-state index contributed by atoms with van der Waals surface area (Å²) in [6.45, 7) is 3.39. The van der Waals surface area contributed by atoms with E-state index in [-0.39, 0.29) is 0 Å². The number of para-hydroxylation sites is 1. The molecule has 0 N–H and O–H groups in total. The molecule has 0 amide bonds. The molecule has 1 aliphatic carbocycles. The van der Waals surface area contributed by atoms with Crippen LogP contribution < -0.4 is 4.90 Å². The summed E-state index contributed by atoms with van der Waals surface area (Å²) >= 11 is 6.02. The molecule has 2 aromatic rings. The first-order chi connectivity index (χ1) is 9.83. The minimum atomic E-state index is 0.476. The van der Waals surface area contributed by atoms with Crippen LogP contribution in [0.2, 0.25) is 0 Å². The minimum Gasteiger partial charge on any atom is -0.368 e. The van der Waals surface area contributed by atoms with Crippen molar-refractivity contribution >= 4 is 28.2 Å². The Balaban J connectivity index is 2.06. The van der Waals surface area contributed by atoms with E-state index in [1.807, 2.05) is 6.07 Å². The summed E-state index contributed by atoms with van der Waals surface area (Å²) in [5.74, 6) is 0.476. The van der Waals surface area contributed by atoms with Crippen LogP contribution in [0.3, 0.4) is 0 Å². The first-order valence-electron chi connectivity index (χ1n) is 7.54. The molecule has 0 radical (unpaired) electrons. The van der Waals surface area contributed by atoms with Crippen molar-refractivity contribution in [3.05, 3.63) is 36.0 Å². The van der Waals surface area contributed by atoms with Crippen LogP contribution in [0.1, 0.15) is 38.3 Å². The van der Waals surface area contributed by atoms with E-state index in [2.05, 4.69) is 41.1 Å². The highest BCUT2D eigenvalue weighted by Gasteiger charge is 2.30. The van der Waals surface area contributed by atoms with E-state index < -0.39 is 0 Å². The van der Waals surface area contributed by atoms with Gasteiger partial charge in [-0.1, -0.05) is 31.5 Å². The number of pyridine rings is 1. The van der Waals surface area contributed by atoms with Crippen molar-refractivity contribution in [2.24, 2.45) is 0 Å². The number of benzene rings is 1. The maximum Gasteiger partial charge on any atom is 0.0726 e. The second kappa shape index (κ2) is 6.01. The van der Waals surface area contributed by atoms with Gasteiger partial charge in [0.25, 0.3) is 0 Å². The molecule has 1 aromatic carbocycles. The smallest absolute Gasteiger partial charge is 0.0726 e. The first kappa shape index (κ1) is 13.7. The minimum absolute atomic E-state index is 0.476. The standard InChI is InChI=1S/C17H21ClN2/c1-2-3-10-20(14-8-9-14)17-11-13(12-18)19-16-7-5-4-6-15(16)17/h4-7,11,14H,2-3,8-10,12H2,1H3. The van der Waals surface area contributed by atoms with E-state index in [1.54, 1.807) is 0 Å². The second-order valence-corrected chi connectivity index (χ2v) is 5.83. The Morgan fingerprint density at radius 1 is 1.30 bits per heavy atom. The first-order valence-corrected chi connectivity index (χ1v) is 8.08. The molecule has 1 fully saturated rings. The Labute approximate surface area is 125 Å². The number of anilines is 1. The molecule has 1 aliphatic rings. The summed E-state index contributed by atoms with van der Waals surface area (Å²) in [6.07, 6.45) is 5.10. The van der Waals surface area contributed by atoms with E-state index in [4.69, 9.17) is 11.6 Å². The number of halogens is 1. The lowest BCUT2D eigenvalue weighted by Gasteiger charge is -2.26. The summed E-state index contributed by atoms with van der Waals surface area (Å²) in [6, 6.07) is 11.3. The Bertz CT molecular complexity index is 593. The van der Waals surface area contributed by atoms with Crippen molar-refractivity contribution in [3.8, 4) is 0 Å². The van der Waals surface area contributed by atoms with Crippen molar-refractivity contribution in [1.82, 2.24) is 4.98 Å². The summed E-state index contributed by atoms with van der Waals surface area (Å²) in [5.41, 5.74) is 3.35. The summed E-state index contributed by atoms with van der Waals surface area (Å²) in [7, 11) is 0. The molecule has 0 bridgehead atoms. The van der Waals surface area contributed by atoms with Crippen molar-refractivity contribution in [1.29, 1.82) is 0 Å². The molecule has 0 spiro atoms. The molecule has 0 atom stereocenters. The van der Waals surface area contributed by atoms with Crippen LogP contribution in [0.15, 0.2) is 30.3 Å². The van der Waals surface area contributed by atoms with E-state index in [0.29, 0.717) is 5.88 Å². The predicted molar refractivity (Wildman–Crippen MR) is 86.6 cm³/mol. The van der Waals surface area contributed by atoms with Gasteiger partial charge >= 0.3 is 0 Å². The topological polar surface area (TPSA) is 16.1 Å². The SMILES string of the molecule is CCCCN(c1cc(CCl)nc2ccccc12)C1CC1. The number of aromatic nitrogens is 1. The third-order valence-electron chi connectivity index (χ3n) is 3.93. The maximum absolute atomic E-state index is 6.02. The Hall–Kier alpha value is -1.28. The number of hydrogen-bond donors (Lipinski definition) is 0. The van der Waals surface area contributed by atoms with Gasteiger partial charge < -0.3 is 4.90 Å². The average Bonchev–Trinajstić information content (AvgIpc) is 3.32. The third-order valence-corrected chi connectivity index (χ3v) is 4.21. The lowest BCUT2D eigenvalue weighted by atomic mass is 10.1. The quantitative estimate of drug-likeness (QED) is 0.714. The lowest BCUT2D eigenvalue weighted by molar-refractivity contribution is 0.714. The van der Waals surface area contributed by atoms with Crippen LogP contribution in [0, 0.1) is 0 Å². The molecule has 0 unspecified atom stereocenters. The summed E-state index contributed by atoms with van der Waals surface area (Å²) in [5, 5.41) is 1.25. The van der Waals surface area contributed by atoms with Gasteiger partial charge in [-0.3, -0.25) is 4.98 Å². The van der Waals surface area contributed by atoms with Gasteiger partial charge in [-0.2, -0.15) is 0 Å². The average molecular weight is 289 g/mol. The number of rotatable bonds is 6. The number of nitrogens with zero attached hydrogens (tertiary/aromatic N) is 2. The van der Waals surface area contributed by atoms with Crippen LogP contribution in [0.4, 0.5) is 5.69 Å². The summed E-state index contributed by atoms with van der Waals surface area (Å²) < 4.78 is 0. The molecule has 106 valence electrons. The zero-order valence-corrected chi connectivity index (χ0v) is 12.7. The molecule has 3 heteroatoms. The molecule has 1 saturated carbocycles. The second-order valence-electron chi connectivity index (χ2n) is 5.56. The summed E-state index contributed by atoms with van der Waals surface area (Å²) in [4.78, 5) is 7.21. The van der Waals surface area contributed by atoms with Crippen LogP contribution in [0.25, 0.3) is 10.9 Å². The van der Waals surface area contributed by atoms with E-state index in [0.717, 1.165) is 23.8 Å². The van der Waals surface area contributed by atoms with Gasteiger partial charge in [0, 0.05) is 23.7 Å². The molecule has 3 rings (SSSR count). The molecule has 0 saturated heterocycles. The van der Waals surface area contributed by atoms with Crippen molar-refractivity contribution in [2.75, 3.05) is 11.4 Å². The largest absolute Gasteiger partial charge is 0.368 e. The van der Waals surface area contributed by atoms with Gasteiger partial charge in [-0.25, -0.2) is 0 Å². The number of hydrogen-bond acceptors (Lipinski definition) is 2. The fraction of sp³-hybridized carbons (Fsp3) is 0.471. The van der Waals surface area contributed by atoms with Gasteiger partial charge in [0.05, 0.1) is 17.1 Å². The molecule has 1 aromatic heterocycles. The number of alkyl halides is 1. The highest BCUT2D eigenvalue weighted by atomic mass is 35.5. The Morgan fingerprint density at radius 3 is 2.80 bits per heavy atom. The van der Waals surface area contributed by atoms with Gasteiger partial charge in [-0.05, 0) is 31.4 Å². The molecule has 0 aliphatic heterocycles. The number of fused-ring (bicyclic) bond motifs is 1. The zero-order chi connectivity index (χ0) is 13.9. The Morgan fingerprint density at radius 2 is 2.10 bits per heavy atom. The molecule has 20 heavy (non-hydrogen) atoms. The van der Waals surface area contributed by atoms with E-state index >= 15 is 0 Å². The fourth-order valence-corrected chi connectivity index (χ4v) is 2.87. The fourth-order valence-electron chi connectivity index (χ4n) is 2.73. The van der Waals surface area contributed by atoms with Gasteiger partial charge in [-0.15, -0.1) is 11.6 Å². The number of unbranched alkanes of at least 4 members (excludes halogenated alkanes) is 1. The third kappa shape index (κ3) is 2.76. The van der Waals surface area contributed by atoms with Crippen LogP contribution in [-0.2, 0) is 5.88 Å². The van der Waals surface area contributed by atoms with E-state index in [9.17, 15) is 0 Å². The molecular formula is C17H21ClN2. The lowest BCUT2D eigenvalue weighted by Crippen LogP contribution is -2.27. The van der Waals surface area contributed by atoms with Gasteiger partial charge in [0.15, 0.2) is 0 Å². The van der Waals surface area contributed by atoms with Gasteiger partial charge in [0.1, 0.15) is 0 Å². The molecule has 2 nitrogen and oxygen atoms in total. The van der Waals surface area contributed by atoms with Gasteiger partial charge in [0.2, 0.25) is 0 Å². The Kier molecular flexibility index (Phi) is 4.11.